The third kappa shape index (κ3) is 5.40. The number of benzene rings is 2. The predicted octanol–water partition coefficient (Wildman–Crippen LogP) is 4.17. The molecule has 0 aliphatic carbocycles. The Hall–Kier alpha value is -2.86. The zero-order chi connectivity index (χ0) is 17.4. The average Bonchev–Trinajstić information content (AvgIpc) is 2.60. The average molecular weight is 330 g/mol. The lowest BCUT2D eigenvalue weighted by Crippen LogP contribution is -2.14. The van der Waals surface area contributed by atoms with Crippen LogP contribution in [0.15, 0.2) is 54.6 Å². The van der Waals surface area contributed by atoms with Crippen molar-refractivity contribution in [3.05, 3.63) is 60.2 Å². The van der Waals surface area contributed by atoms with Gasteiger partial charge in [-0.05, 0) is 29.2 Å². The van der Waals surface area contributed by atoms with Crippen LogP contribution in [0.1, 0.15) is 24.2 Å². The lowest BCUT2D eigenvalue weighted by Gasteiger charge is -2.06. The van der Waals surface area contributed by atoms with Crippen molar-refractivity contribution in [3.63, 3.8) is 0 Å². The van der Waals surface area contributed by atoms with E-state index in [0.717, 1.165) is 11.1 Å². The monoisotopic (exact) mass is 330 g/mol. The van der Waals surface area contributed by atoms with Gasteiger partial charge in [0.15, 0.2) is 0 Å². The van der Waals surface area contributed by atoms with E-state index in [9.17, 15) is 9.59 Å². The van der Waals surface area contributed by atoms with Crippen molar-refractivity contribution in [2.24, 2.45) is 5.92 Å². The number of carbonyl (C=O) groups excluding carboxylic acids is 2. The highest BCUT2D eigenvalue weighted by Gasteiger charge is 2.13. The van der Waals surface area contributed by atoms with E-state index in [1.54, 1.807) is 18.2 Å². The van der Waals surface area contributed by atoms with Crippen molar-refractivity contribution < 1.29 is 29.1 Å². The molecule has 0 aliphatic heterocycles. The molecule has 0 atom stereocenters. The molecule has 0 radical (unpaired) electrons. The van der Waals surface area contributed by atoms with Crippen LogP contribution in [0.5, 0.6) is 0 Å². The fourth-order valence-corrected chi connectivity index (χ4v) is 1.84. The highest BCUT2D eigenvalue weighted by molar-refractivity contribution is 5.90. The summed E-state index contributed by atoms with van der Waals surface area (Å²) >= 11 is 0. The first-order valence-electron chi connectivity index (χ1n) is 7.44. The lowest BCUT2D eigenvalue weighted by atomic mass is 10.0. The van der Waals surface area contributed by atoms with Crippen LogP contribution in [0.3, 0.4) is 0 Å². The lowest BCUT2D eigenvalue weighted by molar-refractivity contribution is -0.452. The second kappa shape index (κ2) is 8.69. The van der Waals surface area contributed by atoms with Crippen LogP contribution < -0.4 is 0 Å². The molecular weight excluding hydrogens is 312 g/mol. The van der Waals surface area contributed by atoms with Gasteiger partial charge in [-0.1, -0.05) is 56.3 Å². The Labute approximate surface area is 139 Å². The maximum Gasteiger partial charge on any atom is 0.543 e. The van der Waals surface area contributed by atoms with E-state index in [1.807, 2.05) is 50.2 Å². The maximum atomic E-state index is 11.9. The van der Waals surface area contributed by atoms with Crippen LogP contribution in [0, 0.1) is 5.92 Å². The van der Waals surface area contributed by atoms with Crippen molar-refractivity contribution in [2.75, 3.05) is 6.61 Å². The molecule has 0 bridgehead atoms. The second-order valence-corrected chi connectivity index (χ2v) is 5.42. The number of rotatable bonds is 6. The molecule has 0 spiro atoms. The Morgan fingerprint density at radius 2 is 1.62 bits per heavy atom. The number of ether oxygens (including phenoxy) is 1. The summed E-state index contributed by atoms with van der Waals surface area (Å²) in [4.78, 5) is 31.7. The van der Waals surface area contributed by atoms with Crippen LogP contribution in [-0.4, -0.2) is 18.7 Å². The Morgan fingerprint density at radius 1 is 0.917 bits per heavy atom. The first-order valence-corrected chi connectivity index (χ1v) is 7.44. The molecule has 0 fully saturated rings. The molecule has 0 saturated heterocycles. The van der Waals surface area contributed by atoms with E-state index >= 15 is 0 Å². The molecule has 0 saturated carbocycles. The van der Waals surface area contributed by atoms with Crippen molar-refractivity contribution in [3.8, 4) is 11.1 Å². The molecule has 6 heteroatoms. The Bertz CT molecular complexity index is 681. The first kappa shape index (κ1) is 17.5. The minimum absolute atomic E-state index is 0.154. The highest BCUT2D eigenvalue weighted by atomic mass is 17.5. The van der Waals surface area contributed by atoms with Crippen LogP contribution in [0.2, 0.25) is 0 Å². The first-order chi connectivity index (χ1) is 11.6. The summed E-state index contributed by atoms with van der Waals surface area (Å²) in [6, 6.07) is 16.4. The Kier molecular flexibility index (Phi) is 6.33. The topological polar surface area (TPSA) is 71.1 Å². The Morgan fingerprint density at radius 3 is 2.33 bits per heavy atom. The zero-order valence-corrected chi connectivity index (χ0v) is 13.4. The third-order valence-corrected chi connectivity index (χ3v) is 2.95. The Balaban J connectivity index is 1.88. The molecule has 0 aromatic heterocycles. The summed E-state index contributed by atoms with van der Waals surface area (Å²) in [7, 11) is 0. The van der Waals surface area contributed by atoms with E-state index in [0.29, 0.717) is 0 Å². The van der Waals surface area contributed by atoms with Gasteiger partial charge in [0.05, 0.1) is 17.2 Å². The zero-order valence-electron chi connectivity index (χ0n) is 13.4. The maximum absolute atomic E-state index is 11.9. The van der Waals surface area contributed by atoms with Gasteiger partial charge < -0.3 is 4.74 Å². The van der Waals surface area contributed by atoms with Crippen molar-refractivity contribution >= 4 is 12.1 Å². The van der Waals surface area contributed by atoms with Crippen LogP contribution in [0.25, 0.3) is 11.1 Å². The number of hydrogen-bond acceptors (Lipinski definition) is 6. The summed E-state index contributed by atoms with van der Waals surface area (Å²) in [5, 5.41) is 4.17. The highest BCUT2D eigenvalue weighted by Crippen LogP contribution is 2.20. The molecule has 24 heavy (non-hydrogen) atoms. The summed E-state index contributed by atoms with van der Waals surface area (Å²) in [6.07, 6.45) is -1.07. The van der Waals surface area contributed by atoms with E-state index in [2.05, 4.69) is 14.8 Å². The normalized spacial score (nSPS) is 10.3. The molecule has 0 aliphatic rings. The fourth-order valence-electron chi connectivity index (χ4n) is 1.84. The minimum atomic E-state index is -1.07. The molecule has 2 aromatic rings. The molecule has 2 rings (SSSR count). The smallest absolute Gasteiger partial charge is 0.432 e. The molecule has 6 nitrogen and oxygen atoms in total. The quantitative estimate of drug-likeness (QED) is 0.450. The predicted molar refractivity (Wildman–Crippen MR) is 85.6 cm³/mol. The standard InChI is InChI=1S/C18H18O6/c1-13(2)12-21-18(20)23-24-22-17(19)16-10-6-9-15(11-16)14-7-4-3-5-8-14/h3-11,13H,12H2,1-2H3. The van der Waals surface area contributed by atoms with Crippen molar-refractivity contribution in [2.45, 2.75) is 13.8 Å². The minimum Gasteiger partial charge on any atom is -0.432 e. The second-order valence-electron chi connectivity index (χ2n) is 5.42. The van der Waals surface area contributed by atoms with Crippen LogP contribution >= 0.6 is 0 Å². The van der Waals surface area contributed by atoms with Crippen LogP contribution in [-0.2, 0) is 19.6 Å². The van der Waals surface area contributed by atoms with Gasteiger partial charge in [0, 0.05) is 0 Å². The van der Waals surface area contributed by atoms with Crippen molar-refractivity contribution in [1.29, 1.82) is 0 Å². The van der Waals surface area contributed by atoms with Crippen LogP contribution in [0.4, 0.5) is 4.79 Å². The van der Waals surface area contributed by atoms with Gasteiger partial charge in [-0.25, -0.2) is 14.5 Å². The van der Waals surface area contributed by atoms with Gasteiger partial charge in [0.2, 0.25) is 0 Å². The molecular formula is C18H18O6. The van der Waals surface area contributed by atoms with Gasteiger partial charge in [0.1, 0.15) is 0 Å². The van der Waals surface area contributed by atoms with E-state index in [-0.39, 0.29) is 18.1 Å². The molecule has 2 aromatic carbocycles. The largest absolute Gasteiger partial charge is 0.543 e. The summed E-state index contributed by atoms with van der Waals surface area (Å²) in [6.45, 7) is 3.91. The summed E-state index contributed by atoms with van der Waals surface area (Å²) in [5.74, 6) is -0.634. The molecule has 0 heterocycles. The van der Waals surface area contributed by atoms with Crippen molar-refractivity contribution in [1.82, 2.24) is 0 Å². The van der Waals surface area contributed by atoms with E-state index in [1.165, 1.54) is 0 Å². The molecule has 126 valence electrons. The van der Waals surface area contributed by atoms with Gasteiger partial charge >= 0.3 is 12.1 Å². The number of hydrogen-bond donors (Lipinski definition) is 0. The van der Waals surface area contributed by atoms with E-state index < -0.39 is 12.1 Å². The molecule has 0 amide bonds. The van der Waals surface area contributed by atoms with Gasteiger partial charge in [-0.2, -0.15) is 0 Å². The third-order valence-electron chi connectivity index (χ3n) is 2.95. The number of carbonyl (C=O) groups is 2. The van der Waals surface area contributed by atoms with Gasteiger partial charge in [-0.3, -0.25) is 4.89 Å². The van der Waals surface area contributed by atoms with Gasteiger partial charge in [-0.15, -0.1) is 0 Å². The van der Waals surface area contributed by atoms with Gasteiger partial charge in [0.25, 0.3) is 0 Å². The fraction of sp³-hybridized carbons (Fsp3) is 0.222. The molecule has 0 unspecified atom stereocenters. The summed E-state index contributed by atoms with van der Waals surface area (Å²) in [5.41, 5.74) is 2.07. The summed E-state index contributed by atoms with van der Waals surface area (Å²) < 4.78 is 4.69. The molecule has 0 N–H and O–H groups in total. The SMILES string of the molecule is CC(C)COC(=O)OOOC(=O)c1cccc(-c2ccccc2)c1. The van der Waals surface area contributed by atoms with E-state index in [4.69, 9.17) is 4.74 Å².